The zero-order chi connectivity index (χ0) is 17.2. The van der Waals surface area contributed by atoms with Gasteiger partial charge in [-0.05, 0) is 58.2 Å². The van der Waals surface area contributed by atoms with Gasteiger partial charge < -0.3 is 4.90 Å². The Bertz CT molecular complexity index is 618. The van der Waals surface area contributed by atoms with Gasteiger partial charge >= 0.3 is 0 Å². The Morgan fingerprint density at radius 3 is 2.21 bits per heavy atom. The standard InChI is InChI=1S/C20H27N3O/c1-19(2,23-12-6-7-13-23)18(24)22-14-10-20(16-21,11-15-22)17-8-4-3-5-9-17/h3-5,8-9H,6-7,10-15H2,1-2H3. The number of amides is 1. The Hall–Kier alpha value is -1.86. The molecule has 1 amide bonds. The van der Waals surface area contributed by atoms with Crippen molar-refractivity contribution in [3.8, 4) is 6.07 Å². The van der Waals surface area contributed by atoms with Gasteiger partial charge in [-0.3, -0.25) is 9.69 Å². The van der Waals surface area contributed by atoms with Crippen LogP contribution in [-0.2, 0) is 10.2 Å². The van der Waals surface area contributed by atoms with Crippen LogP contribution in [0.1, 0.15) is 45.1 Å². The molecule has 1 aromatic carbocycles. The lowest BCUT2D eigenvalue weighted by molar-refractivity contribution is -0.143. The van der Waals surface area contributed by atoms with Crippen LogP contribution in [0.3, 0.4) is 0 Å². The summed E-state index contributed by atoms with van der Waals surface area (Å²) in [5.41, 5.74) is 0.199. The summed E-state index contributed by atoms with van der Waals surface area (Å²) in [6.07, 6.45) is 3.80. The Morgan fingerprint density at radius 2 is 1.67 bits per heavy atom. The third-order valence-corrected chi connectivity index (χ3v) is 5.86. The molecule has 2 heterocycles. The van der Waals surface area contributed by atoms with Crippen LogP contribution < -0.4 is 0 Å². The Labute approximate surface area is 145 Å². The van der Waals surface area contributed by atoms with E-state index in [1.807, 2.05) is 49.1 Å². The van der Waals surface area contributed by atoms with Crippen LogP contribution >= 0.6 is 0 Å². The summed E-state index contributed by atoms with van der Waals surface area (Å²) in [5, 5.41) is 9.79. The highest BCUT2D eigenvalue weighted by atomic mass is 16.2. The molecule has 0 aliphatic carbocycles. The first-order chi connectivity index (χ1) is 11.5. The molecule has 2 aliphatic heterocycles. The van der Waals surface area contributed by atoms with Gasteiger partial charge in [0.05, 0.1) is 17.0 Å². The zero-order valence-corrected chi connectivity index (χ0v) is 14.8. The molecule has 0 N–H and O–H groups in total. The van der Waals surface area contributed by atoms with E-state index in [0.717, 1.165) is 31.5 Å². The summed E-state index contributed by atoms with van der Waals surface area (Å²) >= 11 is 0. The second-order valence-corrected chi connectivity index (χ2v) is 7.61. The SMILES string of the molecule is CC(C)(C(=O)N1CCC(C#N)(c2ccccc2)CC1)N1CCCC1. The van der Waals surface area contributed by atoms with Gasteiger partial charge in [-0.2, -0.15) is 5.26 Å². The third-order valence-electron chi connectivity index (χ3n) is 5.86. The first kappa shape index (κ1) is 17.0. The molecule has 128 valence electrons. The van der Waals surface area contributed by atoms with E-state index in [0.29, 0.717) is 13.1 Å². The average molecular weight is 325 g/mol. The number of benzene rings is 1. The van der Waals surface area contributed by atoms with Crippen LogP contribution in [0, 0.1) is 11.3 Å². The highest BCUT2D eigenvalue weighted by Gasteiger charge is 2.43. The fourth-order valence-electron chi connectivity index (χ4n) is 4.11. The van der Waals surface area contributed by atoms with Gasteiger partial charge in [-0.1, -0.05) is 30.3 Å². The van der Waals surface area contributed by atoms with E-state index in [-0.39, 0.29) is 5.91 Å². The van der Waals surface area contributed by atoms with Crippen LogP contribution in [0.2, 0.25) is 0 Å². The van der Waals surface area contributed by atoms with E-state index in [9.17, 15) is 10.1 Å². The maximum atomic E-state index is 13.0. The molecule has 4 nitrogen and oxygen atoms in total. The number of carbonyl (C=O) groups excluding carboxylic acids is 1. The van der Waals surface area contributed by atoms with Crippen molar-refractivity contribution in [2.75, 3.05) is 26.2 Å². The number of hydrogen-bond acceptors (Lipinski definition) is 3. The fraction of sp³-hybridized carbons (Fsp3) is 0.600. The molecule has 0 saturated carbocycles. The van der Waals surface area contributed by atoms with Gasteiger partial charge in [0.25, 0.3) is 0 Å². The zero-order valence-electron chi connectivity index (χ0n) is 14.8. The van der Waals surface area contributed by atoms with Crippen molar-refractivity contribution in [1.82, 2.24) is 9.80 Å². The number of hydrogen-bond donors (Lipinski definition) is 0. The van der Waals surface area contributed by atoms with E-state index < -0.39 is 11.0 Å². The summed E-state index contributed by atoms with van der Waals surface area (Å²) in [4.78, 5) is 17.3. The molecular weight excluding hydrogens is 298 g/mol. The molecule has 2 aliphatic rings. The molecule has 3 rings (SSSR count). The van der Waals surface area contributed by atoms with Crippen molar-refractivity contribution in [1.29, 1.82) is 5.26 Å². The van der Waals surface area contributed by atoms with E-state index >= 15 is 0 Å². The second kappa shape index (κ2) is 6.57. The fourth-order valence-corrected chi connectivity index (χ4v) is 4.11. The maximum Gasteiger partial charge on any atom is 0.242 e. The number of nitriles is 1. The summed E-state index contributed by atoms with van der Waals surface area (Å²) in [7, 11) is 0. The highest BCUT2D eigenvalue weighted by Crippen LogP contribution is 2.36. The van der Waals surface area contributed by atoms with Gasteiger partial charge in [0.2, 0.25) is 5.91 Å². The normalized spacial score (nSPS) is 21.5. The molecule has 24 heavy (non-hydrogen) atoms. The lowest BCUT2D eigenvalue weighted by atomic mass is 9.74. The van der Waals surface area contributed by atoms with E-state index in [4.69, 9.17) is 0 Å². The predicted molar refractivity (Wildman–Crippen MR) is 94.4 cm³/mol. The Balaban J connectivity index is 1.70. The van der Waals surface area contributed by atoms with Crippen LogP contribution in [0.5, 0.6) is 0 Å². The summed E-state index contributed by atoms with van der Waals surface area (Å²) < 4.78 is 0. The summed E-state index contributed by atoms with van der Waals surface area (Å²) in [6, 6.07) is 12.6. The van der Waals surface area contributed by atoms with E-state index in [2.05, 4.69) is 11.0 Å². The smallest absolute Gasteiger partial charge is 0.242 e. The number of carbonyl (C=O) groups is 1. The molecule has 0 spiro atoms. The largest absolute Gasteiger partial charge is 0.341 e. The quantitative estimate of drug-likeness (QED) is 0.858. The van der Waals surface area contributed by atoms with Crippen LogP contribution in [0.15, 0.2) is 30.3 Å². The average Bonchev–Trinajstić information content (AvgIpc) is 3.17. The molecule has 2 fully saturated rings. The molecule has 2 saturated heterocycles. The van der Waals surface area contributed by atoms with Gasteiger partial charge in [-0.25, -0.2) is 0 Å². The van der Waals surface area contributed by atoms with Gasteiger partial charge in [0, 0.05) is 13.1 Å². The van der Waals surface area contributed by atoms with Crippen molar-refractivity contribution in [2.24, 2.45) is 0 Å². The maximum absolute atomic E-state index is 13.0. The molecule has 0 atom stereocenters. The minimum absolute atomic E-state index is 0.212. The van der Waals surface area contributed by atoms with Crippen LogP contribution in [0.25, 0.3) is 0 Å². The summed E-state index contributed by atoms with van der Waals surface area (Å²) in [6.45, 7) is 7.45. The minimum atomic E-state index is -0.449. The molecule has 0 radical (unpaired) electrons. The topological polar surface area (TPSA) is 47.3 Å². The predicted octanol–water partition coefficient (Wildman–Crippen LogP) is 2.94. The molecular formula is C20H27N3O. The van der Waals surface area contributed by atoms with Crippen molar-refractivity contribution in [3.63, 3.8) is 0 Å². The van der Waals surface area contributed by atoms with Crippen molar-refractivity contribution < 1.29 is 4.79 Å². The first-order valence-corrected chi connectivity index (χ1v) is 9.01. The number of nitrogens with zero attached hydrogens (tertiary/aromatic N) is 3. The van der Waals surface area contributed by atoms with Gasteiger partial charge in [0.15, 0.2) is 0 Å². The molecule has 1 aromatic rings. The first-order valence-electron chi connectivity index (χ1n) is 9.01. The van der Waals surface area contributed by atoms with Gasteiger partial charge in [-0.15, -0.1) is 0 Å². The van der Waals surface area contributed by atoms with Gasteiger partial charge in [0.1, 0.15) is 0 Å². The van der Waals surface area contributed by atoms with Crippen molar-refractivity contribution >= 4 is 5.91 Å². The Kier molecular flexibility index (Phi) is 4.64. The minimum Gasteiger partial charge on any atom is -0.341 e. The number of piperidine rings is 1. The monoisotopic (exact) mass is 325 g/mol. The molecule has 4 heteroatoms. The lowest BCUT2D eigenvalue weighted by Crippen LogP contribution is -2.57. The number of rotatable bonds is 3. The molecule has 0 bridgehead atoms. The highest BCUT2D eigenvalue weighted by molar-refractivity contribution is 5.85. The van der Waals surface area contributed by atoms with Crippen LogP contribution in [0.4, 0.5) is 0 Å². The lowest BCUT2D eigenvalue weighted by Gasteiger charge is -2.43. The molecule has 0 aromatic heterocycles. The number of likely N-dealkylation sites (tertiary alicyclic amines) is 2. The van der Waals surface area contributed by atoms with E-state index in [1.54, 1.807) is 0 Å². The summed E-state index contributed by atoms with van der Waals surface area (Å²) in [5.74, 6) is 0.212. The van der Waals surface area contributed by atoms with E-state index in [1.165, 1.54) is 12.8 Å². The third kappa shape index (κ3) is 2.93. The second-order valence-electron chi connectivity index (χ2n) is 7.61. The van der Waals surface area contributed by atoms with Crippen molar-refractivity contribution in [2.45, 2.75) is 50.5 Å². The van der Waals surface area contributed by atoms with Crippen LogP contribution in [-0.4, -0.2) is 47.4 Å². The van der Waals surface area contributed by atoms with Crippen molar-refractivity contribution in [3.05, 3.63) is 35.9 Å². The Morgan fingerprint density at radius 1 is 1.08 bits per heavy atom. The molecule has 0 unspecified atom stereocenters.